The molecule has 0 amide bonds. The van der Waals surface area contributed by atoms with Gasteiger partial charge in [0.1, 0.15) is 5.01 Å². The summed E-state index contributed by atoms with van der Waals surface area (Å²) in [6.07, 6.45) is 0.830. The molecule has 0 spiro atoms. The largest absolute Gasteiger partial charge is 0.454 e. The number of rotatable bonds is 6. The first-order valence-corrected chi connectivity index (χ1v) is 10.2. The summed E-state index contributed by atoms with van der Waals surface area (Å²) in [4.78, 5) is 32.7. The Balaban J connectivity index is 1.41. The van der Waals surface area contributed by atoms with Gasteiger partial charge >= 0.3 is 5.97 Å². The monoisotopic (exact) mass is 404 g/mol. The third-order valence-electron chi connectivity index (χ3n) is 4.67. The van der Waals surface area contributed by atoms with Gasteiger partial charge in [-0.05, 0) is 26.0 Å². The second-order valence-corrected chi connectivity index (χ2v) is 7.79. The van der Waals surface area contributed by atoms with Gasteiger partial charge in [-0.25, -0.2) is 4.98 Å². The summed E-state index contributed by atoms with van der Waals surface area (Å²) in [5.74, 6) is -0.693. The van der Waals surface area contributed by atoms with Crippen LogP contribution in [0.4, 0.5) is 0 Å². The highest BCUT2D eigenvalue weighted by molar-refractivity contribution is 7.13. The van der Waals surface area contributed by atoms with Gasteiger partial charge in [-0.1, -0.05) is 42.0 Å². The molecule has 2 aromatic carbocycles. The second kappa shape index (κ2) is 8.01. The number of H-pyrrole nitrogens is 1. The number of aromatic nitrogens is 2. The molecule has 0 aliphatic rings. The molecule has 1 atom stereocenters. The maximum Gasteiger partial charge on any atom is 0.312 e. The van der Waals surface area contributed by atoms with Gasteiger partial charge in [-0.15, -0.1) is 11.3 Å². The fourth-order valence-corrected chi connectivity index (χ4v) is 4.05. The lowest BCUT2D eigenvalue weighted by molar-refractivity contribution is -0.145. The van der Waals surface area contributed by atoms with E-state index in [-0.39, 0.29) is 12.2 Å². The molecule has 2 heterocycles. The van der Waals surface area contributed by atoms with Crippen molar-refractivity contribution in [3.8, 4) is 10.6 Å². The van der Waals surface area contributed by atoms with Gasteiger partial charge in [0, 0.05) is 33.6 Å². The summed E-state index contributed by atoms with van der Waals surface area (Å²) in [7, 11) is 0. The van der Waals surface area contributed by atoms with Crippen molar-refractivity contribution in [2.45, 2.75) is 26.4 Å². The number of carbonyl (C=O) groups excluding carboxylic acids is 2. The zero-order valence-electron chi connectivity index (χ0n) is 16.1. The Morgan fingerprint density at radius 1 is 1.17 bits per heavy atom. The predicted molar refractivity (Wildman–Crippen MR) is 114 cm³/mol. The molecular formula is C23H20N2O3S. The first kappa shape index (κ1) is 19.1. The molecule has 0 saturated heterocycles. The fraction of sp³-hybridized carbons (Fsp3) is 0.174. The van der Waals surface area contributed by atoms with Crippen molar-refractivity contribution in [1.29, 1.82) is 0 Å². The Morgan fingerprint density at radius 3 is 2.83 bits per heavy atom. The Morgan fingerprint density at radius 2 is 2.00 bits per heavy atom. The van der Waals surface area contributed by atoms with Crippen molar-refractivity contribution < 1.29 is 14.3 Å². The van der Waals surface area contributed by atoms with E-state index < -0.39 is 12.1 Å². The number of nitrogens with one attached hydrogen (secondary N) is 1. The molecule has 0 aliphatic heterocycles. The normalized spacial score (nSPS) is 12.1. The van der Waals surface area contributed by atoms with Crippen molar-refractivity contribution in [2.75, 3.05) is 0 Å². The van der Waals surface area contributed by atoms with Crippen LogP contribution in [-0.2, 0) is 16.0 Å². The smallest absolute Gasteiger partial charge is 0.312 e. The number of para-hydroxylation sites is 1. The van der Waals surface area contributed by atoms with Gasteiger partial charge in [0.15, 0.2) is 6.10 Å². The van der Waals surface area contributed by atoms with E-state index in [2.05, 4.69) is 16.0 Å². The third kappa shape index (κ3) is 4.12. The minimum absolute atomic E-state index is 0.0355. The number of aromatic amines is 1. The number of fused-ring (bicyclic) bond motifs is 1. The van der Waals surface area contributed by atoms with E-state index in [0.29, 0.717) is 11.3 Å². The first-order chi connectivity index (χ1) is 14.0. The van der Waals surface area contributed by atoms with Crippen molar-refractivity contribution in [3.63, 3.8) is 0 Å². The van der Waals surface area contributed by atoms with Crippen molar-refractivity contribution >= 4 is 34.0 Å². The van der Waals surface area contributed by atoms with Crippen LogP contribution in [0, 0.1) is 6.92 Å². The van der Waals surface area contributed by atoms with Gasteiger partial charge in [-0.3, -0.25) is 9.59 Å². The van der Waals surface area contributed by atoms with Gasteiger partial charge in [-0.2, -0.15) is 0 Å². The number of ether oxygens (including phenoxy) is 1. The van der Waals surface area contributed by atoms with E-state index in [0.717, 1.165) is 27.0 Å². The van der Waals surface area contributed by atoms with E-state index in [1.165, 1.54) is 11.3 Å². The van der Waals surface area contributed by atoms with Gasteiger partial charge < -0.3 is 9.72 Å². The zero-order valence-corrected chi connectivity index (χ0v) is 17.0. The lowest BCUT2D eigenvalue weighted by atomic mass is 10.1. The zero-order chi connectivity index (χ0) is 20.4. The highest BCUT2D eigenvalue weighted by Gasteiger charge is 2.22. The molecule has 0 fully saturated rings. The number of carbonyl (C=O) groups is 2. The summed E-state index contributed by atoms with van der Waals surface area (Å²) in [6.45, 7) is 3.63. The lowest BCUT2D eigenvalue weighted by Crippen LogP contribution is -2.25. The van der Waals surface area contributed by atoms with Crippen molar-refractivity contribution in [3.05, 3.63) is 76.9 Å². The number of ketones is 1. The minimum Gasteiger partial charge on any atom is -0.454 e. The number of nitrogens with zero attached hydrogens (tertiary/aromatic N) is 1. The number of hydrogen-bond acceptors (Lipinski definition) is 5. The molecule has 0 saturated carbocycles. The number of esters is 1. The summed E-state index contributed by atoms with van der Waals surface area (Å²) < 4.78 is 5.39. The average molecular weight is 404 g/mol. The number of aryl methyl sites for hydroxylation is 1. The van der Waals surface area contributed by atoms with E-state index in [9.17, 15) is 9.59 Å². The molecule has 0 radical (unpaired) electrons. The Hall–Kier alpha value is -3.25. The van der Waals surface area contributed by atoms with Crippen LogP contribution in [-0.4, -0.2) is 27.8 Å². The molecule has 0 aliphatic carbocycles. The summed E-state index contributed by atoms with van der Waals surface area (Å²) in [5, 5.41) is 3.53. The number of benzene rings is 2. The van der Waals surface area contributed by atoms with Crippen LogP contribution in [0.5, 0.6) is 0 Å². The van der Waals surface area contributed by atoms with Crippen molar-refractivity contribution in [1.82, 2.24) is 9.97 Å². The van der Waals surface area contributed by atoms with Crippen LogP contribution in [0.2, 0.25) is 0 Å². The second-order valence-electron chi connectivity index (χ2n) is 6.93. The fourth-order valence-electron chi connectivity index (χ4n) is 3.23. The summed E-state index contributed by atoms with van der Waals surface area (Å²) >= 11 is 1.49. The van der Waals surface area contributed by atoms with Gasteiger partial charge in [0.2, 0.25) is 5.78 Å². The molecule has 6 heteroatoms. The maximum atomic E-state index is 12.7. The number of thiazole rings is 1. The summed E-state index contributed by atoms with van der Waals surface area (Å²) in [5.41, 5.74) is 4.22. The van der Waals surface area contributed by atoms with Crippen LogP contribution < -0.4 is 0 Å². The molecule has 0 unspecified atom stereocenters. The van der Waals surface area contributed by atoms with Crippen LogP contribution in [0.1, 0.15) is 28.5 Å². The molecule has 5 nitrogen and oxygen atoms in total. The van der Waals surface area contributed by atoms with E-state index in [4.69, 9.17) is 4.74 Å². The Kier molecular flexibility index (Phi) is 5.27. The highest BCUT2D eigenvalue weighted by Crippen LogP contribution is 2.25. The predicted octanol–water partition coefficient (Wildman–Crippen LogP) is 4.96. The van der Waals surface area contributed by atoms with Crippen LogP contribution in [0.25, 0.3) is 21.5 Å². The highest BCUT2D eigenvalue weighted by atomic mass is 32.1. The number of Topliss-reactive ketones (excluding diaryl/α,β-unsaturated/α-hetero) is 1. The quantitative estimate of drug-likeness (QED) is 0.364. The molecule has 4 aromatic rings. The van der Waals surface area contributed by atoms with Crippen LogP contribution in [0.3, 0.4) is 0 Å². The van der Waals surface area contributed by atoms with Crippen molar-refractivity contribution in [2.24, 2.45) is 0 Å². The minimum atomic E-state index is -0.864. The molecule has 29 heavy (non-hydrogen) atoms. The topological polar surface area (TPSA) is 72.0 Å². The van der Waals surface area contributed by atoms with E-state index in [1.54, 1.807) is 13.1 Å². The molecule has 4 rings (SSSR count). The van der Waals surface area contributed by atoms with Crippen LogP contribution in [0.15, 0.2) is 60.1 Å². The molecular weight excluding hydrogens is 384 g/mol. The molecule has 146 valence electrons. The van der Waals surface area contributed by atoms with Gasteiger partial charge in [0.05, 0.1) is 12.1 Å². The first-order valence-electron chi connectivity index (χ1n) is 9.32. The third-order valence-corrected chi connectivity index (χ3v) is 5.61. The molecule has 1 N–H and O–H groups in total. The van der Waals surface area contributed by atoms with E-state index in [1.807, 2.05) is 54.8 Å². The van der Waals surface area contributed by atoms with Crippen LogP contribution >= 0.6 is 11.3 Å². The summed E-state index contributed by atoms with van der Waals surface area (Å²) in [6, 6.07) is 15.6. The maximum absolute atomic E-state index is 12.7. The Labute approximate surface area is 172 Å². The molecule has 0 bridgehead atoms. The Bertz CT molecular complexity index is 1190. The number of hydrogen-bond donors (Lipinski definition) is 1. The lowest BCUT2D eigenvalue weighted by Gasteiger charge is -2.11. The standard InChI is InChI=1S/C23H20N2O3S/c1-14-6-5-7-16(10-14)23-25-17(13-29-23)11-21(26)28-15(2)22(27)19-12-24-20-9-4-3-8-18(19)20/h3-10,12-13,15,24H,11H2,1-2H3/t15-/m1/s1. The average Bonchev–Trinajstić information content (AvgIpc) is 3.34. The van der Waals surface area contributed by atoms with Gasteiger partial charge in [0.25, 0.3) is 0 Å². The molecule has 2 aromatic heterocycles. The SMILES string of the molecule is Cc1cccc(-c2nc(CC(=O)O[C@H](C)C(=O)c3c[nH]c4ccccc34)cs2)c1. The van der Waals surface area contributed by atoms with E-state index >= 15 is 0 Å².